The van der Waals surface area contributed by atoms with E-state index < -0.39 is 0 Å². The molecule has 0 aliphatic carbocycles. The van der Waals surface area contributed by atoms with Crippen molar-refractivity contribution in [1.82, 2.24) is 24.3 Å². The molecule has 0 saturated heterocycles. The van der Waals surface area contributed by atoms with E-state index in [9.17, 15) is 4.79 Å². The summed E-state index contributed by atoms with van der Waals surface area (Å²) < 4.78 is 9.08. The molecule has 0 radical (unpaired) electrons. The minimum atomic E-state index is -0.0890. The number of rotatable bonds is 8. The van der Waals surface area contributed by atoms with Gasteiger partial charge in [-0.3, -0.25) is 13.9 Å². The molecular weight excluding hydrogens is 518 g/mol. The number of aryl methyl sites for hydroxylation is 1. The fourth-order valence-electron chi connectivity index (χ4n) is 4.65. The highest BCUT2D eigenvalue weighted by Crippen LogP contribution is 2.31. The Morgan fingerprint density at radius 2 is 1.48 bits per heavy atom. The number of para-hydroxylation sites is 2. The molecule has 0 unspecified atom stereocenters. The highest BCUT2D eigenvalue weighted by Gasteiger charge is 2.19. The summed E-state index contributed by atoms with van der Waals surface area (Å²) in [6, 6.07) is 33.3. The third kappa shape index (κ3) is 4.89. The number of benzene rings is 4. The van der Waals surface area contributed by atoms with Crippen LogP contribution < -0.4 is 10.3 Å². The molecular formula is C32H27N5O2S. The average Bonchev–Trinajstić information content (AvgIpc) is 3.44. The van der Waals surface area contributed by atoms with Crippen molar-refractivity contribution in [3.63, 3.8) is 0 Å². The van der Waals surface area contributed by atoms with E-state index in [1.807, 2.05) is 95.6 Å². The Hall–Kier alpha value is -4.69. The molecule has 7 nitrogen and oxygen atoms in total. The zero-order valence-corrected chi connectivity index (χ0v) is 23.0. The molecule has 6 aromatic rings. The summed E-state index contributed by atoms with van der Waals surface area (Å²) in [6.07, 6.45) is 0.930. The van der Waals surface area contributed by atoms with Gasteiger partial charge in [-0.25, -0.2) is 4.98 Å². The van der Waals surface area contributed by atoms with Gasteiger partial charge in [0.15, 0.2) is 11.0 Å². The van der Waals surface area contributed by atoms with E-state index in [-0.39, 0.29) is 5.56 Å². The average molecular weight is 546 g/mol. The van der Waals surface area contributed by atoms with Crippen LogP contribution in [-0.2, 0) is 12.2 Å². The van der Waals surface area contributed by atoms with Crippen molar-refractivity contribution in [3.05, 3.63) is 125 Å². The molecule has 0 fully saturated rings. The number of fused-ring (bicyclic) bond motifs is 1. The lowest BCUT2D eigenvalue weighted by molar-refractivity contribution is 0.415. The maximum Gasteiger partial charge on any atom is 0.265 e. The molecule has 0 saturated carbocycles. The minimum absolute atomic E-state index is 0.0890. The number of aromatic nitrogens is 5. The van der Waals surface area contributed by atoms with Gasteiger partial charge < -0.3 is 4.74 Å². The number of nitrogens with zero attached hydrogens (tertiary/aromatic N) is 5. The molecule has 6 rings (SSSR count). The molecule has 40 heavy (non-hydrogen) atoms. The van der Waals surface area contributed by atoms with Crippen LogP contribution in [0.15, 0.2) is 113 Å². The highest BCUT2D eigenvalue weighted by atomic mass is 32.2. The normalized spacial score (nSPS) is 11.2. The van der Waals surface area contributed by atoms with Gasteiger partial charge >= 0.3 is 0 Å². The fourth-order valence-corrected chi connectivity index (χ4v) is 5.52. The Labute approximate surface area is 236 Å². The van der Waals surface area contributed by atoms with Gasteiger partial charge in [0.05, 0.1) is 29.5 Å². The molecule has 0 amide bonds. The van der Waals surface area contributed by atoms with E-state index in [1.54, 1.807) is 11.7 Å². The van der Waals surface area contributed by atoms with E-state index in [2.05, 4.69) is 29.3 Å². The molecule has 0 aliphatic heterocycles. The Balaban J connectivity index is 1.43. The molecule has 8 heteroatoms. The first kappa shape index (κ1) is 25.6. The number of hydrogen-bond acceptors (Lipinski definition) is 6. The van der Waals surface area contributed by atoms with Crippen LogP contribution in [0.25, 0.3) is 33.7 Å². The predicted molar refractivity (Wildman–Crippen MR) is 160 cm³/mol. The predicted octanol–water partition coefficient (Wildman–Crippen LogP) is 6.50. The molecule has 0 N–H and O–H groups in total. The molecule has 198 valence electrons. The third-order valence-electron chi connectivity index (χ3n) is 6.77. The van der Waals surface area contributed by atoms with Crippen LogP contribution >= 0.6 is 11.8 Å². The van der Waals surface area contributed by atoms with Crippen LogP contribution in [0.2, 0.25) is 0 Å². The van der Waals surface area contributed by atoms with Crippen molar-refractivity contribution in [3.8, 4) is 28.5 Å². The van der Waals surface area contributed by atoms with Gasteiger partial charge in [-0.05, 0) is 72.6 Å². The van der Waals surface area contributed by atoms with Gasteiger partial charge in [0.25, 0.3) is 5.56 Å². The second-order valence-corrected chi connectivity index (χ2v) is 10.1. The van der Waals surface area contributed by atoms with Crippen LogP contribution in [0.1, 0.15) is 18.3 Å². The molecule has 0 atom stereocenters. The Morgan fingerprint density at radius 1 is 0.775 bits per heavy atom. The summed E-state index contributed by atoms with van der Waals surface area (Å²) in [5.74, 6) is 2.56. The van der Waals surface area contributed by atoms with E-state index in [4.69, 9.17) is 9.72 Å². The minimum Gasteiger partial charge on any atom is -0.497 e. The molecule has 0 aliphatic rings. The summed E-state index contributed by atoms with van der Waals surface area (Å²) >= 11 is 1.49. The van der Waals surface area contributed by atoms with Crippen molar-refractivity contribution in [2.45, 2.75) is 24.3 Å². The summed E-state index contributed by atoms with van der Waals surface area (Å²) in [6.45, 7) is 2.11. The van der Waals surface area contributed by atoms with Gasteiger partial charge in [0.2, 0.25) is 0 Å². The van der Waals surface area contributed by atoms with Crippen molar-refractivity contribution in [1.29, 1.82) is 0 Å². The van der Waals surface area contributed by atoms with Crippen LogP contribution in [0, 0.1) is 0 Å². The Bertz CT molecular complexity index is 1830. The van der Waals surface area contributed by atoms with Crippen LogP contribution in [0.3, 0.4) is 0 Å². The quantitative estimate of drug-likeness (QED) is 0.203. The number of thioether (sulfide) groups is 1. The first-order chi connectivity index (χ1) is 19.7. The van der Waals surface area contributed by atoms with E-state index in [0.29, 0.717) is 27.6 Å². The first-order valence-electron chi connectivity index (χ1n) is 13.0. The summed E-state index contributed by atoms with van der Waals surface area (Å²) in [5, 5.41) is 10.4. The Kier molecular flexibility index (Phi) is 7.16. The summed E-state index contributed by atoms with van der Waals surface area (Å²) in [7, 11) is 1.65. The monoisotopic (exact) mass is 545 g/mol. The van der Waals surface area contributed by atoms with E-state index >= 15 is 0 Å². The lowest BCUT2D eigenvalue weighted by atomic mass is 10.1. The van der Waals surface area contributed by atoms with Crippen molar-refractivity contribution >= 4 is 22.7 Å². The zero-order valence-electron chi connectivity index (χ0n) is 22.2. The van der Waals surface area contributed by atoms with Crippen LogP contribution in [-0.4, -0.2) is 31.4 Å². The SMILES string of the molecule is CCc1ccc(-n2c(CSc3nnc(-c4ccc(OC)cc4)n3-c3ccccc3)nc3ccccc3c2=O)cc1. The second-order valence-electron chi connectivity index (χ2n) is 9.20. The standard InChI is InChI=1S/C32H27N5O2S/c1-3-22-13-17-25(18-14-22)36-29(33-28-12-8-7-11-27(28)31(36)38)21-40-32-35-34-30(23-15-19-26(39-2)20-16-23)37(32)24-9-5-4-6-10-24/h4-20H,3,21H2,1-2H3. The van der Waals surface area contributed by atoms with Crippen molar-refractivity contribution < 1.29 is 4.74 Å². The molecule has 0 bridgehead atoms. The van der Waals surface area contributed by atoms with Gasteiger partial charge in [0, 0.05) is 11.3 Å². The smallest absolute Gasteiger partial charge is 0.265 e. The van der Waals surface area contributed by atoms with Crippen LogP contribution in [0.5, 0.6) is 5.75 Å². The second kappa shape index (κ2) is 11.2. The molecule has 2 aromatic heterocycles. The summed E-state index contributed by atoms with van der Waals surface area (Å²) in [4.78, 5) is 18.6. The number of methoxy groups -OCH3 is 1. The zero-order chi connectivity index (χ0) is 27.5. The number of ether oxygens (including phenoxy) is 1. The maximum absolute atomic E-state index is 13.7. The third-order valence-corrected chi connectivity index (χ3v) is 7.70. The highest BCUT2D eigenvalue weighted by molar-refractivity contribution is 7.98. The topological polar surface area (TPSA) is 74.8 Å². The van der Waals surface area contributed by atoms with Crippen LogP contribution in [0.4, 0.5) is 0 Å². The largest absolute Gasteiger partial charge is 0.497 e. The van der Waals surface area contributed by atoms with E-state index in [0.717, 1.165) is 34.9 Å². The number of hydrogen-bond donors (Lipinski definition) is 0. The van der Waals surface area contributed by atoms with Gasteiger partial charge in [-0.2, -0.15) is 0 Å². The van der Waals surface area contributed by atoms with Gasteiger partial charge in [-0.15, -0.1) is 10.2 Å². The lowest BCUT2D eigenvalue weighted by Gasteiger charge is -2.15. The molecule has 0 spiro atoms. The molecule has 4 aromatic carbocycles. The Morgan fingerprint density at radius 3 is 2.20 bits per heavy atom. The lowest BCUT2D eigenvalue weighted by Crippen LogP contribution is -2.23. The van der Waals surface area contributed by atoms with Crippen molar-refractivity contribution in [2.75, 3.05) is 7.11 Å². The van der Waals surface area contributed by atoms with Gasteiger partial charge in [0.1, 0.15) is 11.6 Å². The maximum atomic E-state index is 13.7. The summed E-state index contributed by atoms with van der Waals surface area (Å²) in [5.41, 5.74) is 4.45. The fraction of sp³-hybridized carbons (Fsp3) is 0.125. The first-order valence-corrected chi connectivity index (χ1v) is 14.0. The molecule has 2 heterocycles. The van der Waals surface area contributed by atoms with Gasteiger partial charge in [-0.1, -0.05) is 61.2 Å². The van der Waals surface area contributed by atoms with Crippen molar-refractivity contribution in [2.24, 2.45) is 0 Å². The van der Waals surface area contributed by atoms with E-state index in [1.165, 1.54) is 17.3 Å².